The lowest BCUT2D eigenvalue weighted by molar-refractivity contribution is 0.624. The van der Waals surface area contributed by atoms with Gasteiger partial charge in [0, 0.05) is 0 Å². The molecule has 4 nitrogen and oxygen atoms in total. The van der Waals surface area contributed by atoms with Crippen molar-refractivity contribution < 1.29 is 4.39 Å². The molecule has 0 aliphatic rings. The van der Waals surface area contributed by atoms with Crippen LogP contribution in [0.4, 0.5) is 10.2 Å². The van der Waals surface area contributed by atoms with E-state index < -0.39 is 5.82 Å². The van der Waals surface area contributed by atoms with Crippen LogP contribution < -0.4 is 5.73 Å². The van der Waals surface area contributed by atoms with Crippen LogP contribution in [0.15, 0.2) is 6.33 Å². The van der Waals surface area contributed by atoms with Gasteiger partial charge in [-0.3, -0.25) is 0 Å². The Morgan fingerprint density at radius 3 is 2.67 bits per heavy atom. The molecular formula is C9H9FN4S. The molecule has 0 unspecified atom stereocenters. The summed E-state index contributed by atoms with van der Waals surface area (Å²) < 4.78 is 13.6. The second-order valence-electron chi connectivity index (χ2n) is 3.07. The van der Waals surface area contributed by atoms with E-state index in [-0.39, 0.29) is 11.5 Å². The molecule has 2 N–H and O–H groups in total. The Morgan fingerprint density at radius 1 is 1.33 bits per heavy atom. The first-order chi connectivity index (χ1) is 7.09. The minimum atomic E-state index is -0.579. The molecule has 2 heterocycles. The van der Waals surface area contributed by atoms with E-state index in [1.165, 1.54) is 17.7 Å². The molecule has 0 aliphatic heterocycles. The zero-order valence-corrected chi connectivity index (χ0v) is 9.10. The number of thiazole rings is 1. The number of rotatable bonds is 1. The van der Waals surface area contributed by atoms with Crippen molar-refractivity contribution >= 4 is 17.2 Å². The fourth-order valence-corrected chi connectivity index (χ4v) is 2.20. The van der Waals surface area contributed by atoms with Crippen LogP contribution in [0.25, 0.3) is 10.6 Å². The largest absolute Gasteiger partial charge is 0.381 e. The van der Waals surface area contributed by atoms with Gasteiger partial charge in [-0.05, 0) is 13.8 Å². The molecule has 0 bridgehead atoms. The first-order valence-corrected chi connectivity index (χ1v) is 5.11. The SMILES string of the molecule is Cc1nc(C)c(-c2ncnc(N)c2F)s1. The molecule has 0 aromatic carbocycles. The Hall–Kier alpha value is -1.56. The summed E-state index contributed by atoms with van der Waals surface area (Å²) in [7, 11) is 0. The fourth-order valence-electron chi connectivity index (χ4n) is 1.29. The maximum Gasteiger partial charge on any atom is 0.192 e. The van der Waals surface area contributed by atoms with Crippen LogP contribution in [0.1, 0.15) is 10.7 Å². The Morgan fingerprint density at radius 2 is 2.07 bits per heavy atom. The van der Waals surface area contributed by atoms with Crippen molar-refractivity contribution in [2.24, 2.45) is 0 Å². The topological polar surface area (TPSA) is 64.7 Å². The van der Waals surface area contributed by atoms with Crippen molar-refractivity contribution in [3.63, 3.8) is 0 Å². The highest BCUT2D eigenvalue weighted by Gasteiger charge is 2.15. The van der Waals surface area contributed by atoms with Crippen LogP contribution in [0.3, 0.4) is 0 Å². The smallest absolute Gasteiger partial charge is 0.192 e. The van der Waals surface area contributed by atoms with E-state index in [2.05, 4.69) is 15.0 Å². The average molecular weight is 224 g/mol. The van der Waals surface area contributed by atoms with Gasteiger partial charge in [0.05, 0.1) is 15.6 Å². The standard InChI is InChI=1S/C9H9FN4S/c1-4-8(15-5(2)14-4)7-6(10)9(11)13-3-12-7/h3H,1-2H3,(H2,11,12,13). The third-order valence-electron chi connectivity index (χ3n) is 1.94. The van der Waals surface area contributed by atoms with Crippen LogP contribution in [-0.2, 0) is 0 Å². The fraction of sp³-hybridized carbons (Fsp3) is 0.222. The summed E-state index contributed by atoms with van der Waals surface area (Å²) in [6.07, 6.45) is 1.25. The van der Waals surface area contributed by atoms with Gasteiger partial charge >= 0.3 is 0 Å². The van der Waals surface area contributed by atoms with Gasteiger partial charge in [-0.1, -0.05) is 0 Å². The lowest BCUT2D eigenvalue weighted by Crippen LogP contribution is -1.99. The van der Waals surface area contributed by atoms with Gasteiger partial charge in [0.2, 0.25) is 0 Å². The number of hydrogen-bond donors (Lipinski definition) is 1. The zero-order valence-electron chi connectivity index (χ0n) is 8.28. The summed E-state index contributed by atoms with van der Waals surface area (Å²) in [6, 6.07) is 0. The number of nitrogen functional groups attached to an aromatic ring is 1. The number of halogens is 1. The molecular weight excluding hydrogens is 215 g/mol. The zero-order chi connectivity index (χ0) is 11.0. The summed E-state index contributed by atoms with van der Waals surface area (Å²) in [5.41, 5.74) is 6.36. The van der Waals surface area contributed by atoms with Gasteiger partial charge in [-0.25, -0.2) is 19.3 Å². The second kappa shape index (κ2) is 3.54. The van der Waals surface area contributed by atoms with Crippen molar-refractivity contribution in [1.29, 1.82) is 0 Å². The third-order valence-corrected chi connectivity index (χ3v) is 3.01. The van der Waals surface area contributed by atoms with E-state index in [4.69, 9.17) is 5.73 Å². The minimum absolute atomic E-state index is 0.134. The third kappa shape index (κ3) is 1.68. The first-order valence-electron chi connectivity index (χ1n) is 4.30. The first kappa shape index (κ1) is 9.97. The molecule has 78 valence electrons. The van der Waals surface area contributed by atoms with Gasteiger partial charge in [-0.2, -0.15) is 0 Å². The molecule has 0 fully saturated rings. The molecule has 0 spiro atoms. The molecule has 2 rings (SSSR count). The van der Waals surface area contributed by atoms with Crippen molar-refractivity contribution in [3.8, 4) is 10.6 Å². The molecule has 0 saturated heterocycles. The highest BCUT2D eigenvalue weighted by Crippen LogP contribution is 2.30. The summed E-state index contributed by atoms with van der Waals surface area (Å²) >= 11 is 1.39. The molecule has 6 heteroatoms. The van der Waals surface area contributed by atoms with Crippen molar-refractivity contribution in [2.75, 3.05) is 5.73 Å². The van der Waals surface area contributed by atoms with Crippen LogP contribution in [0.2, 0.25) is 0 Å². The predicted molar refractivity (Wildman–Crippen MR) is 57.0 cm³/mol. The minimum Gasteiger partial charge on any atom is -0.381 e. The van der Waals surface area contributed by atoms with Gasteiger partial charge in [0.15, 0.2) is 11.6 Å². The van der Waals surface area contributed by atoms with Gasteiger partial charge < -0.3 is 5.73 Å². The monoisotopic (exact) mass is 224 g/mol. The number of aromatic nitrogens is 3. The van der Waals surface area contributed by atoms with E-state index in [0.717, 1.165) is 10.7 Å². The lowest BCUT2D eigenvalue weighted by atomic mass is 10.3. The van der Waals surface area contributed by atoms with E-state index >= 15 is 0 Å². The number of anilines is 1. The van der Waals surface area contributed by atoms with Crippen LogP contribution in [0.5, 0.6) is 0 Å². The van der Waals surface area contributed by atoms with Gasteiger partial charge in [-0.15, -0.1) is 11.3 Å². The Kier molecular flexibility index (Phi) is 2.36. The average Bonchev–Trinajstić information content (AvgIpc) is 2.50. The molecule has 2 aromatic rings. The van der Waals surface area contributed by atoms with Gasteiger partial charge in [0.25, 0.3) is 0 Å². The normalized spacial score (nSPS) is 10.6. The molecule has 0 aliphatic carbocycles. The molecule has 0 radical (unpaired) electrons. The van der Waals surface area contributed by atoms with E-state index in [9.17, 15) is 4.39 Å². The maximum atomic E-state index is 13.6. The quantitative estimate of drug-likeness (QED) is 0.804. The van der Waals surface area contributed by atoms with Crippen LogP contribution >= 0.6 is 11.3 Å². The van der Waals surface area contributed by atoms with Gasteiger partial charge in [0.1, 0.15) is 12.0 Å². The predicted octanol–water partition coefficient (Wildman–Crippen LogP) is 1.94. The molecule has 15 heavy (non-hydrogen) atoms. The summed E-state index contributed by atoms with van der Waals surface area (Å²) in [4.78, 5) is 12.4. The lowest BCUT2D eigenvalue weighted by Gasteiger charge is -2.00. The summed E-state index contributed by atoms with van der Waals surface area (Å²) in [5, 5.41) is 0.874. The number of hydrogen-bond acceptors (Lipinski definition) is 5. The highest BCUT2D eigenvalue weighted by molar-refractivity contribution is 7.15. The van der Waals surface area contributed by atoms with Crippen molar-refractivity contribution in [2.45, 2.75) is 13.8 Å². The Balaban J connectivity index is 2.64. The Labute approximate surface area is 90.0 Å². The molecule has 0 amide bonds. The van der Waals surface area contributed by atoms with Crippen molar-refractivity contribution in [1.82, 2.24) is 15.0 Å². The highest BCUT2D eigenvalue weighted by atomic mass is 32.1. The summed E-state index contributed by atoms with van der Waals surface area (Å²) in [6.45, 7) is 3.68. The van der Waals surface area contributed by atoms with Crippen LogP contribution in [0, 0.1) is 19.7 Å². The van der Waals surface area contributed by atoms with Crippen molar-refractivity contribution in [3.05, 3.63) is 22.8 Å². The second-order valence-corrected chi connectivity index (χ2v) is 4.27. The van der Waals surface area contributed by atoms with Crippen LogP contribution in [-0.4, -0.2) is 15.0 Å². The number of nitrogens with zero attached hydrogens (tertiary/aromatic N) is 3. The maximum absolute atomic E-state index is 13.6. The van der Waals surface area contributed by atoms with E-state index in [0.29, 0.717) is 4.88 Å². The molecule has 0 atom stereocenters. The van der Waals surface area contributed by atoms with E-state index in [1.54, 1.807) is 0 Å². The summed E-state index contributed by atoms with van der Waals surface area (Å²) in [5.74, 6) is -0.713. The number of nitrogens with two attached hydrogens (primary N) is 1. The molecule has 2 aromatic heterocycles. The van der Waals surface area contributed by atoms with E-state index in [1.807, 2.05) is 13.8 Å². The number of aryl methyl sites for hydroxylation is 2. The molecule has 0 saturated carbocycles. The Bertz CT molecular complexity index is 509.